The van der Waals surface area contributed by atoms with Crippen LogP contribution in [0.5, 0.6) is 0 Å². The summed E-state index contributed by atoms with van der Waals surface area (Å²) in [5.41, 5.74) is 0.169. The number of guanidine groups is 1. The smallest absolute Gasteiger partial charge is 0.191 e. The highest BCUT2D eigenvalue weighted by atomic mass is 127. The van der Waals surface area contributed by atoms with Gasteiger partial charge in [0.2, 0.25) is 0 Å². The Morgan fingerprint density at radius 2 is 2.05 bits per heavy atom. The van der Waals surface area contributed by atoms with Crippen molar-refractivity contribution in [3.05, 3.63) is 0 Å². The van der Waals surface area contributed by atoms with Crippen molar-refractivity contribution in [2.24, 2.45) is 16.3 Å². The van der Waals surface area contributed by atoms with Crippen LogP contribution in [-0.2, 0) is 9.47 Å². The molecule has 5 nitrogen and oxygen atoms in total. The number of rotatable bonds is 6. The Bertz CT molecular complexity index is 319. The zero-order valence-corrected chi connectivity index (χ0v) is 17.1. The second-order valence-electron chi connectivity index (χ2n) is 6.70. The Hall–Kier alpha value is -0.0800. The van der Waals surface area contributed by atoms with Gasteiger partial charge in [-0.15, -0.1) is 24.0 Å². The van der Waals surface area contributed by atoms with Crippen molar-refractivity contribution in [3.8, 4) is 0 Å². The fourth-order valence-corrected chi connectivity index (χ4v) is 2.81. The highest BCUT2D eigenvalue weighted by Gasteiger charge is 2.35. The van der Waals surface area contributed by atoms with Crippen molar-refractivity contribution >= 4 is 29.9 Å². The highest BCUT2D eigenvalue weighted by Crippen LogP contribution is 2.34. The molecule has 1 heterocycles. The van der Waals surface area contributed by atoms with Crippen molar-refractivity contribution in [2.75, 3.05) is 40.0 Å². The van der Waals surface area contributed by atoms with E-state index in [0.29, 0.717) is 12.5 Å². The van der Waals surface area contributed by atoms with E-state index in [9.17, 15) is 0 Å². The van der Waals surface area contributed by atoms with Crippen molar-refractivity contribution in [1.29, 1.82) is 0 Å². The molecule has 6 heteroatoms. The molecule has 1 rings (SSSR count). The molecule has 0 amide bonds. The van der Waals surface area contributed by atoms with Crippen LogP contribution in [0, 0.1) is 11.3 Å². The maximum Gasteiger partial charge on any atom is 0.191 e. The number of halogens is 1. The molecule has 0 aromatic rings. The van der Waals surface area contributed by atoms with Crippen LogP contribution >= 0.6 is 24.0 Å². The van der Waals surface area contributed by atoms with Gasteiger partial charge >= 0.3 is 0 Å². The molecule has 0 spiro atoms. The minimum absolute atomic E-state index is 0. The maximum atomic E-state index is 6.02. The molecule has 0 bridgehead atoms. The molecular formula is C16H34IN3O2. The van der Waals surface area contributed by atoms with Gasteiger partial charge in [-0.3, -0.25) is 4.99 Å². The molecule has 22 heavy (non-hydrogen) atoms. The van der Waals surface area contributed by atoms with Gasteiger partial charge in [-0.05, 0) is 25.2 Å². The van der Waals surface area contributed by atoms with Gasteiger partial charge in [-0.25, -0.2) is 0 Å². The lowest BCUT2D eigenvalue weighted by Crippen LogP contribution is -2.43. The second-order valence-corrected chi connectivity index (χ2v) is 6.70. The first-order chi connectivity index (χ1) is 9.99. The number of ether oxygens (including phenoxy) is 2. The number of nitrogens with one attached hydrogen (secondary N) is 2. The molecule has 1 fully saturated rings. The normalized spacial score (nSPS) is 22.9. The van der Waals surface area contributed by atoms with Gasteiger partial charge in [0.05, 0.1) is 12.7 Å². The summed E-state index contributed by atoms with van der Waals surface area (Å²) >= 11 is 0. The molecule has 1 aliphatic rings. The summed E-state index contributed by atoms with van der Waals surface area (Å²) in [7, 11) is 1.71. The maximum absolute atomic E-state index is 6.02. The standard InChI is InChI=1S/C16H33N3O2.HI/c1-6-17-15(18-9-11-20-5)19-12-13-8-7-10-21-14(13)16(2,3)4;/h13-14H,6-12H2,1-5H3,(H2,17,18,19);1H. The van der Waals surface area contributed by atoms with Gasteiger partial charge in [0.15, 0.2) is 5.96 Å². The third kappa shape index (κ3) is 7.97. The zero-order valence-electron chi connectivity index (χ0n) is 14.8. The van der Waals surface area contributed by atoms with Gasteiger partial charge in [-0.1, -0.05) is 20.8 Å². The molecule has 1 saturated heterocycles. The fraction of sp³-hybridized carbons (Fsp3) is 0.938. The summed E-state index contributed by atoms with van der Waals surface area (Å²) in [5, 5.41) is 6.56. The van der Waals surface area contributed by atoms with E-state index in [0.717, 1.165) is 38.6 Å². The molecule has 2 N–H and O–H groups in total. The Kier molecular flexibility index (Phi) is 11.4. The van der Waals surface area contributed by atoms with Crippen LogP contribution in [0.15, 0.2) is 4.99 Å². The summed E-state index contributed by atoms with van der Waals surface area (Å²) < 4.78 is 11.1. The van der Waals surface area contributed by atoms with Crippen molar-refractivity contribution < 1.29 is 9.47 Å². The van der Waals surface area contributed by atoms with Gasteiger partial charge < -0.3 is 20.1 Å². The van der Waals surface area contributed by atoms with Crippen LogP contribution in [0.4, 0.5) is 0 Å². The van der Waals surface area contributed by atoms with E-state index in [-0.39, 0.29) is 35.5 Å². The van der Waals surface area contributed by atoms with Gasteiger partial charge in [-0.2, -0.15) is 0 Å². The number of nitrogens with zero attached hydrogens (tertiary/aromatic N) is 1. The van der Waals surface area contributed by atoms with Crippen molar-refractivity contribution in [2.45, 2.75) is 46.6 Å². The Morgan fingerprint density at radius 1 is 1.32 bits per heavy atom. The highest BCUT2D eigenvalue weighted by molar-refractivity contribution is 14.0. The van der Waals surface area contributed by atoms with E-state index in [4.69, 9.17) is 14.5 Å². The summed E-state index contributed by atoms with van der Waals surface area (Å²) in [5.74, 6) is 1.37. The van der Waals surface area contributed by atoms with E-state index in [2.05, 4.69) is 38.3 Å². The van der Waals surface area contributed by atoms with E-state index < -0.39 is 0 Å². The lowest BCUT2D eigenvalue weighted by atomic mass is 9.78. The molecule has 0 aliphatic carbocycles. The topological polar surface area (TPSA) is 54.9 Å². The Balaban J connectivity index is 0.00000441. The van der Waals surface area contributed by atoms with Gasteiger partial charge in [0.25, 0.3) is 0 Å². The van der Waals surface area contributed by atoms with E-state index in [1.165, 1.54) is 6.42 Å². The summed E-state index contributed by atoms with van der Waals surface area (Å²) in [6.45, 7) is 12.8. The lowest BCUT2D eigenvalue weighted by Gasteiger charge is -2.39. The summed E-state index contributed by atoms with van der Waals surface area (Å²) in [6, 6.07) is 0. The van der Waals surface area contributed by atoms with Crippen LogP contribution in [-0.4, -0.2) is 52.0 Å². The Morgan fingerprint density at radius 3 is 2.64 bits per heavy atom. The van der Waals surface area contributed by atoms with E-state index in [1.807, 2.05) is 0 Å². The first-order valence-electron chi connectivity index (χ1n) is 8.11. The predicted octanol–water partition coefficient (Wildman–Crippen LogP) is 2.65. The molecule has 132 valence electrons. The number of hydrogen-bond donors (Lipinski definition) is 2. The first-order valence-corrected chi connectivity index (χ1v) is 8.11. The SMILES string of the molecule is CCNC(=NCC1CCCOC1C(C)(C)C)NCCOC.I. The average Bonchev–Trinajstić information content (AvgIpc) is 2.44. The third-order valence-electron chi connectivity index (χ3n) is 3.73. The van der Waals surface area contributed by atoms with Crippen molar-refractivity contribution in [3.63, 3.8) is 0 Å². The average molecular weight is 427 g/mol. The summed E-state index contributed by atoms with van der Waals surface area (Å²) in [6.07, 6.45) is 2.63. The van der Waals surface area contributed by atoms with Crippen LogP contribution in [0.1, 0.15) is 40.5 Å². The van der Waals surface area contributed by atoms with Crippen LogP contribution < -0.4 is 10.6 Å². The number of aliphatic imine (C=N–C) groups is 1. The van der Waals surface area contributed by atoms with Crippen LogP contribution in [0.3, 0.4) is 0 Å². The van der Waals surface area contributed by atoms with E-state index in [1.54, 1.807) is 7.11 Å². The first kappa shape index (κ1) is 21.9. The lowest BCUT2D eigenvalue weighted by molar-refractivity contribution is -0.0823. The molecule has 0 radical (unpaired) electrons. The Labute approximate surface area is 153 Å². The molecule has 1 aliphatic heterocycles. The number of hydrogen-bond acceptors (Lipinski definition) is 3. The minimum atomic E-state index is 0. The predicted molar refractivity (Wildman–Crippen MR) is 103 cm³/mol. The molecule has 2 unspecified atom stereocenters. The molecule has 0 aromatic carbocycles. The molecule has 2 atom stereocenters. The van der Waals surface area contributed by atoms with E-state index >= 15 is 0 Å². The molecule has 0 aromatic heterocycles. The largest absolute Gasteiger partial charge is 0.383 e. The quantitative estimate of drug-likeness (QED) is 0.296. The minimum Gasteiger partial charge on any atom is -0.383 e. The molecule has 0 saturated carbocycles. The summed E-state index contributed by atoms with van der Waals surface area (Å²) in [4.78, 5) is 4.73. The zero-order chi connectivity index (χ0) is 15.7. The van der Waals surface area contributed by atoms with Gasteiger partial charge in [0, 0.05) is 39.3 Å². The monoisotopic (exact) mass is 427 g/mol. The van der Waals surface area contributed by atoms with Crippen LogP contribution in [0.25, 0.3) is 0 Å². The third-order valence-corrected chi connectivity index (χ3v) is 3.73. The van der Waals surface area contributed by atoms with Gasteiger partial charge in [0.1, 0.15) is 0 Å². The second kappa shape index (κ2) is 11.5. The number of methoxy groups -OCH3 is 1. The molecular weight excluding hydrogens is 393 g/mol. The van der Waals surface area contributed by atoms with Crippen molar-refractivity contribution in [1.82, 2.24) is 10.6 Å². The van der Waals surface area contributed by atoms with Crippen LogP contribution in [0.2, 0.25) is 0 Å². The fourth-order valence-electron chi connectivity index (χ4n) is 2.81.